The molecule has 1 aromatic carbocycles. The molecule has 6 nitrogen and oxygen atoms in total. The Hall–Kier alpha value is -2.91. The Morgan fingerprint density at radius 2 is 1.95 bits per heavy atom. The SMILES string of the molecule is N#Cc1ccc(-c2cc(N3CC(O)C3)cc3ncnn23)cc1. The van der Waals surface area contributed by atoms with Crippen molar-refractivity contribution in [1.82, 2.24) is 14.6 Å². The lowest BCUT2D eigenvalue weighted by atomic mass is 10.1. The molecule has 1 saturated heterocycles. The summed E-state index contributed by atoms with van der Waals surface area (Å²) in [6.45, 7) is 1.27. The summed E-state index contributed by atoms with van der Waals surface area (Å²) >= 11 is 0. The molecule has 6 heteroatoms. The number of nitriles is 1. The highest BCUT2D eigenvalue weighted by Crippen LogP contribution is 2.28. The lowest BCUT2D eigenvalue weighted by molar-refractivity contribution is 0.142. The molecule has 0 unspecified atom stereocenters. The first-order chi connectivity index (χ1) is 10.7. The maximum Gasteiger partial charge on any atom is 0.158 e. The van der Waals surface area contributed by atoms with Crippen LogP contribution in [0.1, 0.15) is 5.56 Å². The van der Waals surface area contributed by atoms with Gasteiger partial charge in [0.1, 0.15) is 6.33 Å². The van der Waals surface area contributed by atoms with Crippen molar-refractivity contribution in [3.8, 4) is 17.3 Å². The van der Waals surface area contributed by atoms with Gasteiger partial charge in [-0.25, -0.2) is 9.50 Å². The predicted molar refractivity (Wildman–Crippen MR) is 81.4 cm³/mol. The first kappa shape index (κ1) is 12.8. The summed E-state index contributed by atoms with van der Waals surface area (Å²) in [6.07, 6.45) is 1.27. The molecule has 0 amide bonds. The zero-order valence-electron chi connectivity index (χ0n) is 11.7. The standard InChI is InChI=1S/C16H13N5O/c17-7-11-1-3-12(4-2-11)15-5-13(20-8-14(22)9-20)6-16-18-10-19-21(15)16/h1-6,10,14,22H,8-9H2. The zero-order valence-corrected chi connectivity index (χ0v) is 11.7. The molecular formula is C16H13N5O. The van der Waals surface area contributed by atoms with Gasteiger partial charge in [-0.15, -0.1) is 0 Å². The number of aliphatic hydroxyl groups excluding tert-OH is 1. The molecule has 1 aliphatic heterocycles. The Kier molecular flexibility index (Phi) is 2.81. The van der Waals surface area contributed by atoms with Gasteiger partial charge in [-0.05, 0) is 18.2 Å². The Morgan fingerprint density at radius 1 is 1.18 bits per heavy atom. The topological polar surface area (TPSA) is 77.5 Å². The average Bonchev–Trinajstić information content (AvgIpc) is 2.99. The third-order valence-corrected chi connectivity index (χ3v) is 3.90. The molecule has 0 aliphatic carbocycles. The molecule has 0 radical (unpaired) electrons. The molecule has 0 atom stereocenters. The second kappa shape index (κ2) is 4.83. The summed E-state index contributed by atoms with van der Waals surface area (Å²) in [5.74, 6) is 0. The van der Waals surface area contributed by atoms with Crippen LogP contribution in [-0.2, 0) is 0 Å². The number of nitrogens with zero attached hydrogens (tertiary/aromatic N) is 5. The van der Waals surface area contributed by atoms with Crippen molar-refractivity contribution < 1.29 is 5.11 Å². The molecule has 2 aromatic heterocycles. The minimum Gasteiger partial charge on any atom is -0.389 e. The molecule has 0 spiro atoms. The van der Waals surface area contributed by atoms with Crippen molar-refractivity contribution in [3.05, 3.63) is 48.3 Å². The second-order valence-corrected chi connectivity index (χ2v) is 5.38. The van der Waals surface area contributed by atoms with E-state index in [-0.39, 0.29) is 6.10 Å². The third kappa shape index (κ3) is 2.00. The molecule has 1 N–H and O–H groups in total. The number of anilines is 1. The van der Waals surface area contributed by atoms with E-state index in [1.54, 1.807) is 16.6 Å². The fourth-order valence-corrected chi connectivity index (χ4v) is 2.68. The van der Waals surface area contributed by atoms with Gasteiger partial charge < -0.3 is 10.0 Å². The summed E-state index contributed by atoms with van der Waals surface area (Å²) in [5, 5.41) is 22.7. The molecule has 0 bridgehead atoms. The molecule has 3 aromatic rings. The Morgan fingerprint density at radius 3 is 2.64 bits per heavy atom. The van der Waals surface area contributed by atoms with Gasteiger partial charge in [0.25, 0.3) is 0 Å². The molecule has 108 valence electrons. The van der Waals surface area contributed by atoms with Crippen LogP contribution in [0.25, 0.3) is 16.9 Å². The van der Waals surface area contributed by atoms with Crippen molar-refractivity contribution in [2.75, 3.05) is 18.0 Å². The number of pyridine rings is 1. The van der Waals surface area contributed by atoms with E-state index in [0.29, 0.717) is 18.7 Å². The maximum absolute atomic E-state index is 9.49. The van der Waals surface area contributed by atoms with Gasteiger partial charge in [-0.3, -0.25) is 0 Å². The number of aliphatic hydroxyl groups is 1. The summed E-state index contributed by atoms with van der Waals surface area (Å²) in [5.41, 5.74) is 4.29. The van der Waals surface area contributed by atoms with Crippen molar-refractivity contribution in [2.45, 2.75) is 6.10 Å². The van der Waals surface area contributed by atoms with Crippen LogP contribution >= 0.6 is 0 Å². The van der Waals surface area contributed by atoms with E-state index < -0.39 is 0 Å². The lowest BCUT2D eigenvalue weighted by Gasteiger charge is -2.38. The molecule has 4 rings (SSSR count). The van der Waals surface area contributed by atoms with E-state index >= 15 is 0 Å². The van der Waals surface area contributed by atoms with Crippen LogP contribution < -0.4 is 4.90 Å². The smallest absolute Gasteiger partial charge is 0.158 e. The predicted octanol–water partition coefficient (Wildman–Crippen LogP) is 1.45. The van der Waals surface area contributed by atoms with E-state index in [4.69, 9.17) is 5.26 Å². The number of benzene rings is 1. The minimum atomic E-state index is -0.257. The first-order valence-electron chi connectivity index (χ1n) is 7.02. The van der Waals surface area contributed by atoms with Gasteiger partial charge in [0, 0.05) is 30.4 Å². The van der Waals surface area contributed by atoms with E-state index in [9.17, 15) is 5.11 Å². The third-order valence-electron chi connectivity index (χ3n) is 3.90. The molecule has 1 aliphatic rings. The van der Waals surface area contributed by atoms with E-state index in [0.717, 1.165) is 22.6 Å². The van der Waals surface area contributed by atoms with Crippen LogP contribution in [-0.4, -0.2) is 38.9 Å². The summed E-state index contributed by atoms with van der Waals surface area (Å²) in [4.78, 5) is 6.37. The summed E-state index contributed by atoms with van der Waals surface area (Å²) in [6, 6.07) is 13.5. The quantitative estimate of drug-likeness (QED) is 0.773. The number of hydrogen-bond acceptors (Lipinski definition) is 5. The van der Waals surface area contributed by atoms with Crippen molar-refractivity contribution in [2.24, 2.45) is 0 Å². The van der Waals surface area contributed by atoms with E-state index in [2.05, 4.69) is 21.1 Å². The average molecular weight is 291 g/mol. The normalized spacial score (nSPS) is 14.8. The van der Waals surface area contributed by atoms with Crippen LogP contribution in [0.3, 0.4) is 0 Å². The fourth-order valence-electron chi connectivity index (χ4n) is 2.68. The van der Waals surface area contributed by atoms with Crippen molar-refractivity contribution >= 4 is 11.3 Å². The Labute approximate surface area is 126 Å². The highest BCUT2D eigenvalue weighted by atomic mass is 16.3. The van der Waals surface area contributed by atoms with Crippen LogP contribution in [0.15, 0.2) is 42.7 Å². The fraction of sp³-hybridized carbons (Fsp3) is 0.188. The van der Waals surface area contributed by atoms with Gasteiger partial charge in [0.2, 0.25) is 0 Å². The van der Waals surface area contributed by atoms with Crippen LogP contribution in [0.4, 0.5) is 5.69 Å². The lowest BCUT2D eigenvalue weighted by Crippen LogP contribution is -2.50. The highest BCUT2D eigenvalue weighted by molar-refractivity contribution is 5.71. The van der Waals surface area contributed by atoms with E-state index in [1.807, 2.05) is 24.3 Å². The Bertz CT molecular complexity index is 872. The van der Waals surface area contributed by atoms with Crippen molar-refractivity contribution in [3.63, 3.8) is 0 Å². The first-order valence-corrected chi connectivity index (χ1v) is 7.02. The Balaban J connectivity index is 1.84. The largest absolute Gasteiger partial charge is 0.389 e. The number of fused-ring (bicyclic) bond motifs is 1. The monoisotopic (exact) mass is 291 g/mol. The van der Waals surface area contributed by atoms with Gasteiger partial charge >= 0.3 is 0 Å². The molecule has 1 fully saturated rings. The van der Waals surface area contributed by atoms with Gasteiger partial charge in [-0.2, -0.15) is 10.4 Å². The van der Waals surface area contributed by atoms with Gasteiger partial charge in [0.05, 0.1) is 23.4 Å². The van der Waals surface area contributed by atoms with Gasteiger partial charge in [-0.1, -0.05) is 12.1 Å². The highest BCUT2D eigenvalue weighted by Gasteiger charge is 2.25. The molecule has 3 heterocycles. The zero-order chi connectivity index (χ0) is 15.1. The van der Waals surface area contributed by atoms with Crippen LogP contribution in [0.5, 0.6) is 0 Å². The molecule has 0 saturated carbocycles. The van der Waals surface area contributed by atoms with Crippen molar-refractivity contribution in [1.29, 1.82) is 5.26 Å². The minimum absolute atomic E-state index is 0.257. The second-order valence-electron chi connectivity index (χ2n) is 5.38. The maximum atomic E-state index is 9.49. The van der Waals surface area contributed by atoms with Crippen LogP contribution in [0.2, 0.25) is 0 Å². The number of rotatable bonds is 2. The number of β-amino-alcohol motifs (C(OH)–C–C–N with tert-alkyl or cyclic N) is 1. The summed E-state index contributed by atoms with van der Waals surface area (Å²) in [7, 11) is 0. The number of aromatic nitrogens is 3. The van der Waals surface area contributed by atoms with E-state index in [1.165, 1.54) is 6.33 Å². The molecular weight excluding hydrogens is 278 g/mol. The summed E-state index contributed by atoms with van der Waals surface area (Å²) < 4.78 is 1.78. The van der Waals surface area contributed by atoms with Crippen LogP contribution in [0, 0.1) is 11.3 Å². The molecule has 22 heavy (non-hydrogen) atoms. The number of hydrogen-bond donors (Lipinski definition) is 1. The van der Waals surface area contributed by atoms with Gasteiger partial charge in [0.15, 0.2) is 5.65 Å².